The molecule has 0 aliphatic rings. The molecule has 0 fully saturated rings. The molecule has 9 heteroatoms. The van der Waals surface area contributed by atoms with Crippen LogP contribution in [0.5, 0.6) is 0 Å². The number of aromatic nitrogens is 3. The van der Waals surface area contributed by atoms with E-state index in [0.717, 1.165) is 0 Å². The van der Waals surface area contributed by atoms with E-state index in [1.165, 1.54) is 22.0 Å². The molecule has 0 aliphatic carbocycles. The molecule has 3 amide bonds. The highest BCUT2D eigenvalue weighted by Gasteiger charge is 2.09. The molecule has 0 unspecified atom stereocenters. The SMILES string of the molecule is CN(C)C(=O)Nc1cnn(CC(=O)NCCc2ccccc2F)n1. The van der Waals surface area contributed by atoms with Gasteiger partial charge in [-0.2, -0.15) is 9.90 Å². The first kappa shape index (κ1) is 17.4. The lowest BCUT2D eigenvalue weighted by atomic mass is 10.1. The van der Waals surface area contributed by atoms with Gasteiger partial charge in [-0.25, -0.2) is 9.18 Å². The van der Waals surface area contributed by atoms with E-state index in [-0.39, 0.29) is 30.1 Å². The highest BCUT2D eigenvalue weighted by Crippen LogP contribution is 2.06. The number of hydrogen-bond acceptors (Lipinski definition) is 4. The molecule has 2 aromatic rings. The molecule has 1 aromatic heterocycles. The van der Waals surface area contributed by atoms with E-state index in [1.807, 2.05) is 0 Å². The zero-order valence-electron chi connectivity index (χ0n) is 13.5. The van der Waals surface area contributed by atoms with Gasteiger partial charge in [0, 0.05) is 20.6 Å². The van der Waals surface area contributed by atoms with Crippen LogP contribution < -0.4 is 10.6 Å². The lowest BCUT2D eigenvalue weighted by Gasteiger charge is -2.09. The van der Waals surface area contributed by atoms with Crippen LogP contribution in [-0.2, 0) is 17.8 Å². The van der Waals surface area contributed by atoms with Gasteiger partial charge in [0.2, 0.25) is 5.91 Å². The Balaban J connectivity index is 1.77. The number of carbonyl (C=O) groups is 2. The molecule has 0 saturated carbocycles. The Morgan fingerprint density at radius 1 is 1.29 bits per heavy atom. The molecule has 2 N–H and O–H groups in total. The van der Waals surface area contributed by atoms with E-state index in [9.17, 15) is 14.0 Å². The maximum atomic E-state index is 13.4. The van der Waals surface area contributed by atoms with Gasteiger partial charge in [-0.1, -0.05) is 18.2 Å². The number of benzene rings is 1. The highest BCUT2D eigenvalue weighted by atomic mass is 19.1. The maximum Gasteiger partial charge on any atom is 0.322 e. The van der Waals surface area contributed by atoms with Crippen molar-refractivity contribution in [1.82, 2.24) is 25.2 Å². The van der Waals surface area contributed by atoms with Crippen LogP contribution in [-0.4, -0.2) is 52.5 Å². The van der Waals surface area contributed by atoms with E-state index >= 15 is 0 Å². The number of halogens is 1. The number of rotatable bonds is 6. The zero-order valence-corrected chi connectivity index (χ0v) is 13.5. The fourth-order valence-corrected chi connectivity index (χ4v) is 1.87. The first-order valence-corrected chi connectivity index (χ1v) is 7.34. The van der Waals surface area contributed by atoms with Crippen molar-refractivity contribution in [2.45, 2.75) is 13.0 Å². The number of amides is 3. The fraction of sp³-hybridized carbons (Fsp3) is 0.333. The number of hydrogen-bond donors (Lipinski definition) is 2. The third kappa shape index (κ3) is 5.04. The summed E-state index contributed by atoms with van der Waals surface area (Å²) in [7, 11) is 3.20. The molecular weight excluding hydrogens is 315 g/mol. The van der Waals surface area contributed by atoms with Crippen molar-refractivity contribution < 1.29 is 14.0 Å². The second kappa shape index (κ2) is 8.04. The van der Waals surface area contributed by atoms with Crippen molar-refractivity contribution in [3.8, 4) is 0 Å². The molecule has 0 spiro atoms. The second-order valence-corrected chi connectivity index (χ2v) is 5.28. The van der Waals surface area contributed by atoms with Crippen LogP contribution in [0.2, 0.25) is 0 Å². The summed E-state index contributed by atoms with van der Waals surface area (Å²) in [5.74, 6) is -0.331. The summed E-state index contributed by atoms with van der Waals surface area (Å²) in [6.07, 6.45) is 1.75. The number of urea groups is 1. The molecular formula is C15H19FN6O2. The van der Waals surface area contributed by atoms with E-state index in [2.05, 4.69) is 20.8 Å². The number of nitrogens with zero attached hydrogens (tertiary/aromatic N) is 4. The Morgan fingerprint density at radius 2 is 2.04 bits per heavy atom. The molecule has 0 radical (unpaired) electrons. The summed E-state index contributed by atoms with van der Waals surface area (Å²) in [5.41, 5.74) is 0.545. The average molecular weight is 334 g/mol. The number of anilines is 1. The van der Waals surface area contributed by atoms with Crippen molar-refractivity contribution in [2.24, 2.45) is 0 Å². The maximum absolute atomic E-state index is 13.4. The highest BCUT2D eigenvalue weighted by molar-refractivity contribution is 5.87. The van der Waals surface area contributed by atoms with Crippen LogP contribution in [0.15, 0.2) is 30.5 Å². The molecule has 0 aliphatic heterocycles. The average Bonchev–Trinajstić information content (AvgIpc) is 2.96. The molecule has 128 valence electrons. The van der Waals surface area contributed by atoms with Crippen LogP contribution in [0.3, 0.4) is 0 Å². The van der Waals surface area contributed by atoms with E-state index in [0.29, 0.717) is 18.5 Å². The third-order valence-corrected chi connectivity index (χ3v) is 3.14. The van der Waals surface area contributed by atoms with Crippen LogP contribution in [0, 0.1) is 5.82 Å². The molecule has 8 nitrogen and oxygen atoms in total. The molecule has 1 aromatic carbocycles. The summed E-state index contributed by atoms with van der Waals surface area (Å²) in [4.78, 5) is 25.8. The normalized spacial score (nSPS) is 10.3. The summed E-state index contributed by atoms with van der Waals surface area (Å²) in [5, 5.41) is 13.1. The predicted octanol–water partition coefficient (Wildman–Crippen LogP) is 0.870. The Morgan fingerprint density at radius 3 is 2.75 bits per heavy atom. The number of nitrogens with one attached hydrogen (secondary N) is 2. The Kier molecular flexibility index (Phi) is 5.83. The molecule has 24 heavy (non-hydrogen) atoms. The molecule has 0 saturated heterocycles. The summed E-state index contributed by atoms with van der Waals surface area (Å²) >= 11 is 0. The van der Waals surface area contributed by atoms with Crippen molar-refractivity contribution in [3.05, 3.63) is 41.8 Å². The van der Waals surface area contributed by atoms with E-state index in [1.54, 1.807) is 32.3 Å². The lowest BCUT2D eigenvalue weighted by molar-refractivity contribution is -0.122. The van der Waals surface area contributed by atoms with Gasteiger partial charge >= 0.3 is 6.03 Å². The Hall–Kier alpha value is -2.97. The van der Waals surface area contributed by atoms with Gasteiger partial charge in [0.25, 0.3) is 0 Å². The Bertz CT molecular complexity index is 715. The van der Waals surface area contributed by atoms with Crippen molar-refractivity contribution in [2.75, 3.05) is 26.0 Å². The van der Waals surface area contributed by atoms with Gasteiger partial charge in [-0.05, 0) is 18.1 Å². The van der Waals surface area contributed by atoms with Crippen LogP contribution in [0.1, 0.15) is 5.56 Å². The molecule has 0 atom stereocenters. The molecule has 0 bridgehead atoms. The number of carbonyl (C=O) groups excluding carboxylic acids is 2. The van der Waals surface area contributed by atoms with Gasteiger partial charge in [-0.15, -0.1) is 5.10 Å². The second-order valence-electron chi connectivity index (χ2n) is 5.28. The standard InChI is InChI=1S/C15H19FN6O2/c1-21(2)15(24)19-13-9-18-22(20-13)10-14(23)17-8-7-11-5-3-4-6-12(11)16/h3-6,9H,7-8,10H2,1-2H3,(H,17,23)(H,19,20,24). The van der Waals surface area contributed by atoms with E-state index < -0.39 is 0 Å². The molecule has 2 rings (SSSR count). The van der Waals surface area contributed by atoms with Crippen molar-refractivity contribution in [3.63, 3.8) is 0 Å². The monoisotopic (exact) mass is 334 g/mol. The smallest absolute Gasteiger partial charge is 0.322 e. The summed E-state index contributed by atoms with van der Waals surface area (Å²) < 4.78 is 13.4. The van der Waals surface area contributed by atoms with Crippen molar-refractivity contribution >= 4 is 17.8 Å². The summed E-state index contributed by atoms with van der Waals surface area (Å²) in [6.45, 7) is 0.223. The fourth-order valence-electron chi connectivity index (χ4n) is 1.87. The first-order valence-electron chi connectivity index (χ1n) is 7.34. The van der Waals surface area contributed by atoms with Gasteiger partial charge in [0.1, 0.15) is 12.4 Å². The minimum atomic E-state index is -0.337. The van der Waals surface area contributed by atoms with Gasteiger partial charge in [0.05, 0.1) is 6.20 Å². The zero-order chi connectivity index (χ0) is 17.5. The topological polar surface area (TPSA) is 92.2 Å². The van der Waals surface area contributed by atoms with Gasteiger partial charge in [0.15, 0.2) is 5.82 Å². The minimum absolute atomic E-state index is 0.0882. The minimum Gasteiger partial charge on any atom is -0.354 e. The largest absolute Gasteiger partial charge is 0.354 e. The predicted molar refractivity (Wildman–Crippen MR) is 85.8 cm³/mol. The third-order valence-electron chi connectivity index (χ3n) is 3.14. The first-order chi connectivity index (χ1) is 11.5. The van der Waals surface area contributed by atoms with Crippen LogP contribution in [0.25, 0.3) is 0 Å². The van der Waals surface area contributed by atoms with Crippen LogP contribution >= 0.6 is 0 Å². The van der Waals surface area contributed by atoms with Gasteiger partial charge in [-0.3, -0.25) is 10.1 Å². The summed E-state index contributed by atoms with van der Waals surface area (Å²) in [6, 6.07) is 6.09. The quantitative estimate of drug-likeness (QED) is 0.820. The van der Waals surface area contributed by atoms with Crippen molar-refractivity contribution in [1.29, 1.82) is 0 Å². The van der Waals surface area contributed by atoms with E-state index in [4.69, 9.17) is 0 Å². The molecule has 1 heterocycles. The van der Waals surface area contributed by atoms with Gasteiger partial charge < -0.3 is 10.2 Å². The Labute approximate surface area is 138 Å². The lowest BCUT2D eigenvalue weighted by Crippen LogP contribution is -2.30. The van der Waals surface area contributed by atoms with Crippen LogP contribution in [0.4, 0.5) is 15.0 Å².